The summed E-state index contributed by atoms with van der Waals surface area (Å²) in [7, 11) is 0. The van der Waals surface area contributed by atoms with Crippen LogP contribution in [0, 0.1) is 0 Å². The van der Waals surface area contributed by atoms with Gasteiger partial charge in [0.05, 0.1) is 6.20 Å². The van der Waals surface area contributed by atoms with E-state index in [1.165, 1.54) is 16.9 Å². The van der Waals surface area contributed by atoms with Gasteiger partial charge in [-0.15, -0.1) is 11.3 Å². The summed E-state index contributed by atoms with van der Waals surface area (Å²) in [5.74, 6) is -0.932. The van der Waals surface area contributed by atoms with Crippen LogP contribution in [-0.4, -0.2) is 27.4 Å². The van der Waals surface area contributed by atoms with E-state index in [1.54, 1.807) is 29.2 Å². The maximum atomic E-state index is 12.3. The third-order valence-corrected chi connectivity index (χ3v) is 4.92. The Labute approximate surface area is 155 Å². The number of nitrogens with one attached hydrogen (secondary N) is 1. The molecule has 26 heavy (non-hydrogen) atoms. The number of rotatable bonds is 4. The van der Waals surface area contributed by atoms with E-state index in [1.807, 2.05) is 24.3 Å². The van der Waals surface area contributed by atoms with E-state index in [-0.39, 0.29) is 11.3 Å². The second kappa shape index (κ2) is 6.92. The van der Waals surface area contributed by atoms with Gasteiger partial charge in [0, 0.05) is 11.1 Å². The standard InChI is InChI=1S/C19H21N3O3S/c1-12(25-18(24)15-10-26-16-9-20-11-22(15)16)17(23)21-14-7-5-13(6-8-14)19(2,3)4/h5-12H,1-4H3,(H,21,23). The molecule has 3 aromatic rings. The summed E-state index contributed by atoms with van der Waals surface area (Å²) in [6.07, 6.45) is 2.30. The van der Waals surface area contributed by atoms with Gasteiger partial charge in [-0.05, 0) is 30.0 Å². The number of amides is 1. The maximum absolute atomic E-state index is 12.3. The highest BCUT2D eigenvalue weighted by atomic mass is 32.1. The molecule has 0 aliphatic carbocycles. The minimum absolute atomic E-state index is 0.0462. The van der Waals surface area contributed by atoms with E-state index in [0.717, 1.165) is 4.83 Å². The SMILES string of the molecule is CC(OC(=O)c1csc2cncn12)C(=O)Nc1ccc(C(C)(C)C)cc1. The van der Waals surface area contributed by atoms with Crippen LogP contribution >= 0.6 is 11.3 Å². The van der Waals surface area contributed by atoms with E-state index < -0.39 is 12.1 Å². The lowest BCUT2D eigenvalue weighted by Gasteiger charge is -2.19. The lowest BCUT2D eigenvalue weighted by Crippen LogP contribution is -2.30. The molecule has 1 amide bonds. The quantitative estimate of drug-likeness (QED) is 0.707. The van der Waals surface area contributed by atoms with E-state index in [9.17, 15) is 9.59 Å². The monoisotopic (exact) mass is 371 g/mol. The first kappa shape index (κ1) is 18.1. The van der Waals surface area contributed by atoms with Crippen molar-refractivity contribution in [2.75, 3.05) is 5.32 Å². The van der Waals surface area contributed by atoms with Crippen LogP contribution in [-0.2, 0) is 14.9 Å². The Kier molecular flexibility index (Phi) is 4.82. The maximum Gasteiger partial charge on any atom is 0.357 e. The second-order valence-corrected chi connectivity index (χ2v) is 7.98. The molecule has 2 aromatic heterocycles. The van der Waals surface area contributed by atoms with Gasteiger partial charge in [0.15, 0.2) is 6.10 Å². The van der Waals surface area contributed by atoms with Gasteiger partial charge in [-0.2, -0.15) is 0 Å². The van der Waals surface area contributed by atoms with Gasteiger partial charge in [-0.1, -0.05) is 32.9 Å². The van der Waals surface area contributed by atoms with Gasteiger partial charge in [0.1, 0.15) is 16.9 Å². The number of nitrogens with zero attached hydrogens (tertiary/aromatic N) is 2. The summed E-state index contributed by atoms with van der Waals surface area (Å²) in [6.45, 7) is 7.94. The van der Waals surface area contributed by atoms with Crippen molar-refractivity contribution < 1.29 is 14.3 Å². The van der Waals surface area contributed by atoms with Crippen molar-refractivity contribution in [3.05, 3.63) is 53.4 Å². The molecular formula is C19H21N3O3S. The van der Waals surface area contributed by atoms with E-state index in [2.05, 4.69) is 31.1 Å². The first-order valence-corrected chi connectivity index (χ1v) is 9.15. The van der Waals surface area contributed by atoms with Crippen molar-refractivity contribution in [3.8, 4) is 0 Å². The highest BCUT2D eigenvalue weighted by Crippen LogP contribution is 2.23. The molecule has 7 heteroatoms. The normalized spacial score (nSPS) is 12.8. The average molecular weight is 371 g/mol. The topological polar surface area (TPSA) is 72.7 Å². The number of hydrogen-bond donors (Lipinski definition) is 1. The summed E-state index contributed by atoms with van der Waals surface area (Å²) in [5, 5.41) is 4.46. The van der Waals surface area contributed by atoms with Crippen molar-refractivity contribution in [1.29, 1.82) is 0 Å². The Morgan fingerprint density at radius 2 is 1.92 bits per heavy atom. The minimum Gasteiger partial charge on any atom is -0.448 e. The number of carbonyl (C=O) groups is 2. The fourth-order valence-corrected chi connectivity index (χ4v) is 3.27. The fraction of sp³-hybridized carbons (Fsp3) is 0.316. The van der Waals surface area contributed by atoms with Crippen molar-refractivity contribution in [3.63, 3.8) is 0 Å². The highest BCUT2D eigenvalue weighted by molar-refractivity contribution is 7.15. The van der Waals surface area contributed by atoms with Crippen LogP contribution in [0.4, 0.5) is 5.69 Å². The molecule has 2 heterocycles. The van der Waals surface area contributed by atoms with E-state index in [0.29, 0.717) is 11.4 Å². The molecule has 1 atom stereocenters. The van der Waals surface area contributed by atoms with Gasteiger partial charge in [-0.25, -0.2) is 9.78 Å². The molecule has 1 unspecified atom stereocenters. The molecule has 136 valence electrons. The van der Waals surface area contributed by atoms with Crippen molar-refractivity contribution in [1.82, 2.24) is 9.38 Å². The number of imidazole rings is 1. The zero-order valence-corrected chi connectivity index (χ0v) is 16.0. The van der Waals surface area contributed by atoms with Crippen LogP contribution < -0.4 is 5.32 Å². The van der Waals surface area contributed by atoms with Gasteiger partial charge in [0.25, 0.3) is 5.91 Å². The highest BCUT2D eigenvalue weighted by Gasteiger charge is 2.22. The number of benzene rings is 1. The Morgan fingerprint density at radius 3 is 2.58 bits per heavy atom. The van der Waals surface area contributed by atoms with Gasteiger partial charge in [-0.3, -0.25) is 9.20 Å². The molecular weight excluding hydrogens is 350 g/mol. The summed E-state index contributed by atoms with van der Waals surface area (Å²) in [6, 6.07) is 7.66. The lowest BCUT2D eigenvalue weighted by molar-refractivity contribution is -0.123. The number of esters is 1. The molecule has 3 rings (SSSR count). The number of ether oxygens (including phenoxy) is 1. The summed E-state index contributed by atoms with van der Waals surface area (Å²) < 4.78 is 6.93. The number of anilines is 1. The second-order valence-electron chi connectivity index (χ2n) is 7.09. The first-order valence-electron chi connectivity index (χ1n) is 8.27. The molecule has 0 radical (unpaired) electrons. The van der Waals surface area contributed by atoms with Crippen molar-refractivity contribution in [2.24, 2.45) is 0 Å². The van der Waals surface area contributed by atoms with E-state index in [4.69, 9.17) is 4.74 Å². The molecule has 1 aromatic carbocycles. The molecule has 0 bridgehead atoms. The number of thiazole rings is 1. The van der Waals surface area contributed by atoms with Crippen LogP contribution in [0.2, 0.25) is 0 Å². The molecule has 0 fully saturated rings. The summed E-state index contributed by atoms with van der Waals surface area (Å²) >= 11 is 1.39. The smallest absolute Gasteiger partial charge is 0.357 e. The number of aromatic nitrogens is 2. The number of fused-ring (bicyclic) bond motifs is 1. The zero-order valence-electron chi connectivity index (χ0n) is 15.1. The van der Waals surface area contributed by atoms with Crippen LogP contribution in [0.15, 0.2) is 42.2 Å². The number of hydrogen-bond acceptors (Lipinski definition) is 5. The fourth-order valence-electron chi connectivity index (χ4n) is 2.44. The number of carbonyl (C=O) groups excluding carboxylic acids is 2. The Balaban J connectivity index is 1.63. The van der Waals surface area contributed by atoms with E-state index >= 15 is 0 Å². The predicted molar refractivity (Wildman–Crippen MR) is 102 cm³/mol. The van der Waals surface area contributed by atoms with Crippen LogP contribution in [0.25, 0.3) is 4.83 Å². The predicted octanol–water partition coefficient (Wildman–Crippen LogP) is 3.88. The van der Waals surface area contributed by atoms with Gasteiger partial charge in [0.2, 0.25) is 0 Å². The molecule has 0 spiro atoms. The Morgan fingerprint density at radius 1 is 1.23 bits per heavy atom. The molecule has 6 nitrogen and oxygen atoms in total. The molecule has 0 saturated carbocycles. The zero-order chi connectivity index (χ0) is 18.9. The first-order chi connectivity index (χ1) is 12.3. The lowest BCUT2D eigenvalue weighted by atomic mass is 9.87. The minimum atomic E-state index is -0.914. The van der Waals surface area contributed by atoms with Crippen molar-refractivity contribution in [2.45, 2.75) is 39.2 Å². The van der Waals surface area contributed by atoms with Crippen LogP contribution in [0.1, 0.15) is 43.7 Å². The molecule has 0 saturated heterocycles. The third-order valence-electron chi connectivity index (χ3n) is 4.04. The van der Waals surface area contributed by atoms with Crippen LogP contribution in [0.5, 0.6) is 0 Å². The van der Waals surface area contributed by atoms with Gasteiger partial charge < -0.3 is 10.1 Å². The largest absolute Gasteiger partial charge is 0.448 e. The summed E-state index contributed by atoms with van der Waals surface area (Å²) in [5.41, 5.74) is 2.25. The van der Waals surface area contributed by atoms with Gasteiger partial charge >= 0.3 is 5.97 Å². The third kappa shape index (κ3) is 3.77. The molecule has 0 aliphatic heterocycles. The molecule has 1 N–H and O–H groups in total. The van der Waals surface area contributed by atoms with Crippen molar-refractivity contribution >= 4 is 33.7 Å². The summed E-state index contributed by atoms with van der Waals surface area (Å²) in [4.78, 5) is 29.4. The average Bonchev–Trinajstić information content (AvgIpc) is 3.17. The van der Waals surface area contributed by atoms with Crippen LogP contribution in [0.3, 0.4) is 0 Å². The Bertz CT molecular complexity index is 935. The Hall–Kier alpha value is -2.67. The molecule has 0 aliphatic rings.